The van der Waals surface area contributed by atoms with Crippen molar-refractivity contribution in [3.63, 3.8) is 0 Å². The summed E-state index contributed by atoms with van der Waals surface area (Å²) in [4.78, 5) is 23.0. The van der Waals surface area contributed by atoms with E-state index in [4.69, 9.17) is 10.2 Å². The molecule has 4 aromatic rings. The highest BCUT2D eigenvalue weighted by molar-refractivity contribution is 5.90. The molecule has 4 rings (SSSR count). The minimum Gasteiger partial charge on any atom is -0.481 e. The van der Waals surface area contributed by atoms with Crippen molar-refractivity contribution in [2.75, 3.05) is 0 Å². The Morgan fingerprint density at radius 3 is 2.50 bits per heavy atom. The van der Waals surface area contributed by atoms with Crippen molar-refractivity contribution < 1.29 is 9.90 Å². The van der Waals surface area contributed by atoms with E-state index >= 15 is 0 Å². The van der Waals surface area contributed by atoms with Crippen LogP contribution in [-0.2, 0) is 11.3 Å². The Bertz CT molecular complexity index is 1230. The Hall–Kier alpha value is -3.74. The summed E-state index contributed by atoms with van der Waals surface area (Å²) in [6, 6.07) is 19.0. The van der Waals surface area contributed by atoms with Crippen LogP contribution in [0.5, 0.6) is 0 Å². The number of hydrogen-bond acceptors (Lipinski definition) is 4. The van der Waals surface area contributed by atoms with E-state index in [0.29, 0.717) is 25.1 Å². The number of nitrogens with zero attached hydrogens (tertiary/aromatic N) is 4. The van der Waals surface area contributed by atoms with E-state index in [0.717, 1.165) is 28.8 Å². The van der Waals surface area contributed by atoms with Gasteiger partial charge in [0.1, 0.15) is 5.69 Å². The summed E-state index contributed by atoms with van der Waals surface area (Å²) in [6.07, 6.45) is 4.06. The molecule has 0 amide bonds. The van der Waals surface area contributed by atoms with Gasteiger partial charge in [0, 0.05) is 30.8 Å². The predicted molar refractivity (Wildman–Crippen MR) is 114 cm³/mol. The fourth-order valence-electron chi connectivity index (χ4n) is 3.51. The third-order valence-corrected chi connectivity index (χ3v) is 4.97. The van der Waals surface area contributed by atoms with Gasteiger partial charge < -0.3 is 5.11 Å². The van der Waals surface area contributed by atoms with Gasteiger partial charge in [-0.2, -0.15) is 10.2 Å². The highest BCUT2D eigenvalue weighted by Gasteiger charge is 2.18. The highest BCUT2D eigenvalue weighted by atomic mass is 16.4. The van der Waals surface area contributed by atoms with Gasteiger partial charge in [-0.1, -0.05) is 42.8 Å². The molecule has 0 bridgehead atoms. The molecule has 0 saturated carbocycles. The number of carboxylic acids is 1. The molecule has 1 aromatic carbocycles. The van der Waals surface area contributed by atoms with Crippen molar-refractivity contribution in [3.05, 3.63) is 77.2 Å². The van der Waals surface area contributed by atoms with Gasteiger partial charge in [-0.25, -0.2) is 9.20 Å². The monoisotopic (exact) mass is 402 g/mol. The third kappa shape index (κ3) is 4.15. The number of fused-ring (bicyclic) bond motifs is 1. The second kappa shape index (κ2) is 8.73. The Balaban J connectivity index is 1.70. The summed E-state index contributed by atoms with van der Waals surface area (Å²) in [7, 11) is 0. The summed E-state index contributed by atoms with van der Waals surface area (Å²) in [6.45, 7) is 0.451. The topological polar surface area (TPSA) is 89.5 Å². The molecule has 152 valence electrons. The molecule has 3 aromatic heterocycles. The molecule has 7 nitrogen and oxygen atoms in total. The molecule has 30 heavy (non-hydrogen) atoms. The lowest BCUT2D eigenvalue weighted by Crippen LogP contribution is -2.22. The van der Waals surface area contributed by atoms with Gasteiger partial charge in [-0.15, -0.1) is 0 Å². The zero-order chi connectivity index (χ0) is 20.9. The van der Waals surface area contributed by atoms with Crippen molar-refractivity contribution in [2.45, 2.75) is 32.2 Å². The van der Waals surface area contributed by atoms with Crippen LogP contribution in [-0.4, -0.2) is 30.5 Å². The maximum absolute atomic E-state index is 12.3. The van der Waals surface area contributed by atoms with Gasteiger partial charge >= 0.3 is 5.97 Å². The second-order valence-corrected chi connectivity index (χ2v) is 7.10. The molecular weight excluding hydrogens is 380 g/mol. The van der Waals surface area contributed by atoms with E-state index < -0.39 is 5.97 Å². The first-order valence-electron chi connectivity index (χ1n) is 9.96. The number of aliphatic carboxylic acids is 1. The third-order valence-electron chi connectivity index (χ3n) is 4.97. The molecule has 0 aliphatic rings. The Morgan fingerprint density at radius 2 is 1.70 bits per heavy atom. The molecule has 0 spiro atoms. The van der Waals surface area contributed by atoms with Crippen LogP contribution in [0.3, 0.4) is 0 Å². The van der Waals surface area contributed by atoms with Crippen LogP contribution in [0.4, 0.5) is 0 Å². The zero-order valence-corrected chi connectivity index (χ0v) is 16.4. The molecular formula is C23H22N4O3. The van der Waals surface area contributed by atoms with Gasteiger partial charge in [0.15, 0.2) is 0 Å². The summed E-state index contributed by atoms with van der Waals surface area (Å²) < 4.78 is 3.28. The Morgan fingerprint density at radius 1 is 0.900 bits per heavy atom. The van der Waals surface area contributed by atoms with E-state index in [9.17, 15) is 9.59 Å². The van der Waals surface area contributed by atoms with Gasteiger partial charge in [-0.3, -0.25) is 9.59 Å². The number of pyridine rings is 1. The van der Waals surface area contributed by atoms with Crippen LogP contribution >= 0.6 is 0 Å². The van der Waals surface area contributed by atoms with Crippen LogP contribution in [0.1, 0.15) is 25.7 Å². The van der Waals surface area contributed by atoms with Crippen molar-refractivity contribution in [1.29, 1.82) is 0 Å². The molecule has 0 aliphatic carbocycles. The maximum atomic E-state index is 12.3. The van der Waals surface area contributed by atoms with Crippen molar-refractivity contribution >= 4 is 11.5 Å². The summed E-state index contributed by atoms with van der Waals surface area (Å²) in [5, 5.41) is 18.1. The molecule has 0 aliphatic heterocycles. The Labute approximate surface area is 173 Å². The first-order chi connectivity index (χ1) is 14.6. The number of carboxylic acid groups (broad SMARTS) is 1. The van der Waals surface area contributed by atoms with E-state index in [1.807, 2.05) is 59.2 Å². The minimum absolute atomic E-state index is 0.144. The predicted octanol–water partition coefficient (Wildman–Crippen LogP) is 3.87. The molecule has 7 heteroatoms. The van der Waals surface area contributed by atoms with Gasteiger partial charge in [-0.05, 0) is 31.0 Å². The zero-order valence-electron chi connectivity index (χ0n) is 16.4. The summed E-state index contributed by atoms with van der Waals surface area (Å²) >= 11 is 0. The lowest BCUT2D eigenvalue weighted by Gasteiger charge is -2.08. The summed E-state index contributed by atoms with van der Waals surface area (Å²) in [5.74, 6) is -0.797. The normalized spacial score (nSPS) is 11.1. The van der Waals surface area contributed by atoms with Gasteiger partial charge in [0.25, 0.3) is 5.56 Å². The maximum Gasteiger partial charge on any atom is 0.303 e. The average molecular weight is 402 g/mol. The van der Waals surface area contributed by atoms with Crippen molar-refractivity contribution in [1.82, 2.24) is 19.4 Å². The van der Waals surface area contributed by atoms with Crippen molar-refractivity contribution in [3.8, 4) is 22.5 Å². The molecule has 0 radical (unpaired) electrons. The van der Waals surface area contributed by atoms with Crippen LogP contribution in [0.2, 0.25) is 0 Å². The van der Waals surface area contributed by atoms with Gasteiger partial charge in [0.2, 0.25) is 0 Å². The molecule has 3 heterocycles. The van der Waals surface area contributed by atoms with E-state index in [1.54, 1.807) is 6.07 Å². The smallest absolute Gasteiger partial charge is 0.303 e. The van der Waals surface area contributed by atoms with E-state index in [-0.39, 0.29) is 12.0 Å². The second-order valence-electron chi connectivity index (χ2n) is 7.10. The minimum atomic E-state index is -0.797. The largest absolute Gasteiger partial charge is 0.481 e. The number of hydrogen-bond donors (Lipinski definition) is 1. The van der Waals surface area contributed by atoms with E-state index in [1.165, 1.54) is 10.7 Å². The first-order valence-corrected chi connectivity index (χ1v) is 9.96. The first kappa shape index (κ1) is 19.6. The number of benzene rings is 1. The van der Waals surface area contributed by atoms with Crippen molar-refractivity contribution in [2.24, 2.45) is 0 Å². The molecule has 0 fully saturated rings. The molecule has 0 saturated heterocycles. The lowest BCUT2D eigenvalue weighted by molar-refractivity contribution is -0.137. The van der Waals surface area contributed by atoms with Crippen LogP contribution in [0, 0.1) is 0 Å². The number of aromatic nitrogens is 4. The highest BCUT2D eigenvalue weighted by Crippen LogP contribution is 2.33. The quantitative estimate of drug-likeness (QED) is 0.452. The Kier molecular flexibility index (Phi) is 5.70. The molecule has 0 atom stereocenters. The SMILES string of the molecule is O=C(O)CCCCCn1nc(-c2c(-c3ccccc3)nn3ccccc23)ccc1=O. The van der Waals surface area contributed by atoms with Crippen LogP contribution in [0.25, 0.3) is 28.0 Å². The van der Waals surface area contributed by atoms with Crippen LogP contribution in [0.15, 0.2) is 71.7 Å². The number of carbonyl (C=O) groups is 1. The fourth-order valence-corrected chi connectivity index (χ4v) is 3.51. The lowest BCUT2D eigenvalue weighted by atomic mass is 10.0. The number of aryl methyl sites for hydroxylation is 1. The van der Waals surface area contributed by atoms with Crippen LogP contribution < -0.4 is 5.56 Å². The summed E-state index contributed by atoms with van der Waals surface area (Å²) in [5.41, 5.74) is 4.08. The molecule has 0 unspecified atom stereocenters. The number of unbranched alkanes of at least 4 members (excludes halogenated alkanes) is 2. The number of rotatable bonds is 8. The average Bonchev–Trinajstić information content (AvgIpc) is 3.15. The van der Waals surface area contributed by atoms with E-state index in [2.05, 4.69) is 5.10 Å². The molecule has 1 N–H and O–H groups in total. The van der Waals surface area contributed by atoms with Gasteiger partial charge in [0.05, 0.1) is 16.8 Å². The fraction of sp³-hybridized carbons (Fsp3) is 0.217. The standard InChI is InChI=1S/C23H22N4O3/c28-20-14-13-18(24-27(20)16-7-2-5-12-21(29)30)22-19-11-6-8-15-26(19)25-23(22)17-9-3-1-4-10-17/h1,3-4,6,8-11,13-15H,2,5,7,12,16H2,(H,29,30).